The van der Waals surface area contributed by atoms with Gasteiger partial charge in [-0.05, 0) is 25.5 Å². The molecule has 0 radical (unpaired) electrons. The Labute approximate surface area is 123 Å². The standard InChI is InChI=1S/C14H22BrNO3/c1-3-5-16-10-11-8-13(18-4-2)14(9-12(11)15)19-7-6-17/h8-9,16-17H,3-7,10H2,1-2H3/p+1. The molecule has 0 fully saturated rings. The molecule has 1 aromatic rings. The number of rotatable bonds is 9. The number of aliphatic hydroxyl groups is 1. The minimum absolute atomic E-state index is 0.00475. The zero-order chi connectivity index (χ0) is 14.1. The van der Waals surface area contributed by atoms with E-state index in [1.54, 1.807) is 0 Å². The molecule has 1 rings (SSSR count). The highest BCUT2D eigenvalue weighted by atomic mass is 79.9. The van der Waals surface area contributed by atoms with Crippen molar-refractivity contribution in [1.82, 2.24) is 0 Å². The summed E-state index contributed by atoms with van der Waals surface area (Å²) in [6.07, 6.45) is 1.16. The first-order valence-corrected chi connectivity index (χ1v) is 7.52. The van der Waals surface area contributed by atoms with Gasteiger partial charge in [0.05, 0.1) is 19.8 Å². The Bertz CT molecular complexity index is 385. The number of hydrogen-bond donors (Lipinski definition) is 2. The number of nitrogens with two attached hydrogens (primary N) is 1. The predicted octanol–water partition coefficient (Wildman–Crippen LogP) is 1.69. The van der Waals surface area contributed by atoms with Crippen LogP contribution in [-0.2, 0) is 6.54 Å². The topological polar surface area (TPSA) is 55.3 Å². The lowest BCUT2D eigenvalue weighted by atomic mass is 10.2. The average molecular weight is 333 g/mol. The van der Waals surface area contributed by atoms with Gasteiger partial charge in [0.25, 0.3) is 0 Å². The summed E-state index contributed by atoms with van der Waals surface area (Å²) in [7, 11) is 0. The van der Waals surface area contributed by atoms with E-state index < -0.39 is 0 Å². The molecule has 0 amide bonds. The van der Waals surface area contributed by atoms with Crippen LogP contribution in [0, 0.1) is 0 Å². The molecule has 0 spiro atoms. The summed E-state index contributed by atoms with van der Waals surface area (Å²) in [4.78, 5) is 0. The second kappa shape index (κ2) is 9.18. The summed E-state index contributed by atoms with van der Waals surface area (Å²) >= 11 is 3.56. The third kappa shape index (κ3) is 5.38. The van der Waals surface area contributed by atoms with Gasteiger partial charge in [-0.3, -0.25) is 0 Å². The maximum absolute atomic E-state index is 8.83. The van der Waals surface area contributed by atoms with Crippen molar-refractivity contribution >= 4 is 15.9 Å². The lowest BCUT2D eigenvalue weighted by Crippen LogP contribution is -2.82. The third-order valence-corrected chi connectivity index (χ3v) is 3.36. The Hall–Kier alpha value is -0.780. The van der Waals surface area contributed by atoms with Gasteiger partial charge in [0.2, 0.25) is 0 Å². The Morgan fingerprint density at radius 3 is 2.58 bits per heavy atom. The highest BCUT2D eigenvalue weighted by molar-refractivity contribution is 9.10. The van der Waals surface area contributed by atoms with Crippen LogP contribution in [0.25, 0.3) is 0 Å². The normalized spacial score (nSPS) is 10.5. The van der Waals surface area contributed by atoms with E-state index in [1.165, 1.54) is 5.56 Å². The first kappa shape index (κ1) is 16.3. The number of benzene rings is 1. The van der Waals surface area contributed by atoms with E-state index in [0.717, 1.165) is 29.7 Å². The highest BCUT2D eigenvalue weighted by Gasteiger charge is 2.11. The molecule has 19 heavy (non-hydrogen) atoms. The Morgan fingerprint density at radius 1 is 1.21 bits per heavy atom. The number of halogens is 1. The Balaban J connectivity index is 2.85. The average Bonchev–Trinajstić information content (AvgIpc) is 2.40. The Kier molecular flexibility index (Phi) is 7.86. The Morgan fingerprint density at radius 2 is 1.95 bits per heavy atom. The van der Waals surface area contributed by atoms with Gasteiger partial charge in [-0.15, -0.1) is 0 Å². The van der Waals surface area contributed by atoms with E-state index >= 15 is 0 Å². The van der Waals surface area contributed by atoms with Gasteiger partial charge < -0.3 is 19.9 Å². The molecule has 1 aromatic carbocycles. The molecule has 0 saturated heterocycles. The molecule has 0 aromatic heterocycles. The maximum atomic E-state index is 8.83. The quantitative estimate of drug-likeness (QED) is 0.676. The molecular weight excluding hydrogens is 310 g/mol. The summed E-state index contributed by atoms with van der Waals surface area (Å²) in [5.41, 5.74) is 1.19. The van der Waals surface area contributed by atoms with Crippen molar-refractivity contribution in [3.63, 3.8) is 0 Å². The van der Waals surface area contributed by atoms with Crippen LogP contribution in [0.5, 0.6) is 11.5 Å². The zero-order valence-corrected chi connectivity index (χ0v) is 13.2. The first-order chi connectivity index (χ1) is 9.22. The number of hydrogen-bond acceptors (Lipinski definition) is 3. The summed E-state index contributed by atoms with van der Waals surface area (Å²) in [5.74, 6) is 1.40. The van der Waals surface area contributed by atoms with E-state index in [4.69, 9.17) is 14.6 Å². The molecule has 4 nitrogen and oxygen atoms in total. The van der Waals surface area contributed by atoms with Gasteiger partial charge in [0.1, 0.15) is 13.2 Å². The van der Waals surface area contributed by atoms with Gasteiger partial charge in [-0.1, -0.05) is 22.9 Å². The summed E-state index contributed by atoms with van der Waals surface area (Å²) < 4.78 is 12.1. The molecule has 0 atom stereocenters. The minimum atomic E-state index is -0.00475. The fourth-order valence-corrected chi connectivity index (χ4v) is 2.22. The van der Waals surface area contributed by atoms with Crippen molar-refractivity contribution in [3.05, 3.63) is 22.2 Å². The highest BCUT2D eigenvalue weighted by Crippen LogP contribution is 2.33. The number of quaternary nitrogens is 1. The van der Waals surface area contributed by atoms with Crippen molar-refractivity contribution < 1.29 is 19.9 Å². The summed E-state index contributed by atoms with van der Waals surface area (Å²) in [5, 5.41) is 11.1. The van der Waals surface area contributed by atoms with Crippen LogP contribution >= 0.6 is 15.9 Å². The molecule has 0 bridgehead atoms. The molecule has 0 saturated carbocycles. The smallest absolute Gasteiger partial charge is 0.162 e. The van der Waals surface area contributed by atoms with Crippen LogP contribution in [0.3, 0.4) is 0 Å². The molecule has 0 aliphatic rings. The van der Waals surface area contributed by atoms with Crippen molar-refractivity contribution in [1.29, 1.82) is 0 Å². The van der Waals surface area contributed by atoms with Crippen LogP contribution in [0.1, 0.15) is 25.8 Å². The van der Waals surface area contributed by atoms with Crippen LogP contribution in [-0.4, -0.2) is 31.5 Å². The van der Waals surface area contributed by atoms with E-state index in [1.807, 2.05) is 19.1 Å². The fraction of sp³-hybridized carbons (Fsp3) is 0.571. The van der Waals surface area contributed by atoms with E-state index in [0.29, 0.717) is 12.4 Å². The van der Waals surface area contributed by atoms with Gasteiger partial charge in [0, 0.05) is 10.0 Å². The van der Waals surface area contributed by atoms with E-state index in [9.17, 15) is 0 Å². The van der Waals surface area contributed by atoms with Gasteiger partial charge in [0.15, 0.2) is 11.5 Å². The molecular formula is C14H23BrNO3+. The van der Waals surface area contributed by atoms with Crippen LogP contribution in [0.2, 0.25) is 0 Å². The molecule has 0 unspecified atom stereocenters. The second-order valence-electron chi connectivity index (χ2n) is 4.18. The second-order valence-corrected chi connectivity index (χ2v) is 5.03. The SMILES string of the molecule is CCC[NH2+]Cc1cc(OCC)c(OCCO)cc1Br. The minimum Gasteiger partial charge on any atom is -0.490 e. The summed E-state index contributed by atoms with van der Waals surface area (Å²) in [6, 6.07) is 3.92. The number of ether oxygens (including phenoxy) is 2. The van der Waals surface area contributed by atoms with Gasteiger partial charge in [-0.2, -0.15) is 0 Å². The summed E-state index contributed by atoms with van der Waals surface area (Å²) in [6.45, 7) is 7.00. The van der Waals surface area contributed by atoms with Gasteiger partial charge in [-0.25, -0.2) is 0 Å². The lowest BCUT2D eigenvalue weighted by Gasteiger charge is -2.14. The molecule has 108 valence electrons. The molecule has 0 heterocycles. The molecule has 0 aliphatic carbocycles. The lowest BCUT2D eigenvalue weighted by molar-refractivity contribution is -0.670. The van der Waals surface area contributed by atoms with Crippen molar-refractivity contribution in [3.8, 4) is 11.5 Å². The van der Waals surface area contributed by atoms with E-state index in [-0.39, 0.29) is 13.2 Å². The molecule has 3 N–H and O–H groups in total. The molecule has 5 heteroatoms. The van der Waals surface area contributed by atoms with Crippen LogP contribution in [0.15, 0.2) is 16.6 Å². The maximum Gasteiger partial charge on any atom is 0.162 e. The monoisotopic (exact) mass is 332 g/mol. The van der Waals surface area contributed by atoms with Crippen molar-refractivity contribution in [2.24, 2.45) is 0 Å². The first-order valence-electron chi connectivity index (χ1n) is 6.73. The molecule has 0 aliphatic heterocycles. The van der Waals surface area contributed by atoms with Crippen LogP contribution in [0.4, 0.5) is 0 Å². The fourth-order valence-electron chi connectivity index (χ4n) is 1.73. The van der Waals surface area contributed by atoms with E-state index in [2.05, 4.69) is 28.2 Å². The van der Waals surface area contributed by atoms with Crippen molar-refractivity contribution in [2.75, 3.05) is 26.4 Å². The van der Waals surface area contributed by atoms with Crippen molar-refractivity contribution in [2.45, 2.75) is 26.8 Å². The number of aliphatic hydroxyl groups excluding tert-OH is 1. The largest absolute Gasteiger partial charge is 0.490 e. The third-order valence-electron chi connectivity index (χ3n) is 2.62. The van der Waals surface area contributed by atoms with Crippen LogP contribution < -0.4 is 14.8 Å². The zero-order valence-electron chi connectivity index (χ0n) is 11.6. The predicted molar refractivity (Wildman–Crippen MR) is 78.7 cm³/mol. The van der Waals surface area contributed by atoms with Gasteiger partial charge >= 0.3 is 0 Å².